The number of fused-ring (bicyclic) bond motifs is 4. The third kappa shape index (κ3) is 3.19. The molecule has 156 valence electrons. The maximum atomic E-state index is 8.34. The van der Waals surface area contributed by atoms with Crippen molar-refractivity contribution in [1.82, 2.24) is 0 Å². The molecule has 0 unspecified atom stereocenters. The van der Waals surface area contributed by atoms with Crippen molar-refractivity contribution >= 4 is 33.8 Å². The van der Waals surface area contributed by atoms with Crippen LogP contribution in [0.1, 0.15) is 27.8 Å². The van der Waals surface area contributed by atoms with Gasteiger partial charge in [-0.05, 0) is 74.4 Å². The van der Waals surface area contributed by atoms with Crippen molar-refractivity contribution in [3.8, 4) is 11.1 Å². The predicted molar refractivity (Wildman–Crippen MR) is 139 cm³/mol. The van der Waals surface area contributed by atoms with Crippen molar-refractivity contribution in [2.75, 3.05) is 0 Å². The van der Waals surface area contributed by atoms with E-state index in [1.807, 2.05) is 30.3 Å². The van der Waals surface area contributed by atoms with Crippen LogP contribution in [0.2, 0.25) is 0 Å². The highest BCUT2D eigenvalue weighted by molar-refractivity contribution is 6.53. The van der Waals surface area contributed by atoms with Crippen LogP contribution in [0.25, 0.3) is 33.5 Å². The highest BCUT2D eigenvalue weighted by Crippen LogP contribution is 2.37. The quantitative estimate of drug-likeness (QED) is 0.337. The van der Waals surface area contributed by atoms with Gasteiger partial charge in [0.2, 0.25) is 0 Å². The van der Waals surface area contributed by atoms with E-state index in [1.54, 1.807) is 0 Å². The van der Waals surface area contributed by atoms with Gasteiger partial charge in [0.1, 0.15) is 0 Å². The van der Waals surface area contributed by atoms with Gasteiger partial charge in [-0.1, -0.05) is 91.0 Å². The molecule has 2 aliphatic rings. The molecular weight excluding hydrogens is 400 g/mol. The highest BCUT2D eigenvalue weighted by atomic mass is 14.5. The lowest BCUT2D eigenvalue weighted by atomic mass is 9.83. The first-order valence-corrected chi connectivity index (χ1v) is 11.2. The predicted octanol–water partition coefficient (Wildman–Crippen LogP) is 7.47. The molecule has 2 aliphatic carbocycles. The van der Waals surface area contributed by atoms with E-state index >= 15 is 0 Å². The Morgan fingerprint density at radius 3 is 2.27 bits per heavy atom. The summed E-state index contributed by atoms with van der Waals surface area (Å²) in [4.78, 5) is 0. The molecule has 2 heteroatoms. The third-order valence-corrected chi connectivity index (χ3v) is 6.56. The number of rotatable bonds is 2. The summed E-state index contributed by atoms with van der Waals surface area (Å²) < 4.78 is 0. The SMILES string of the molecule is N=C1C=C(c2cccc(-c3cc4c(c5ccccc35)CC=CC=C4)c2)c2ccccc2C1=N. The highest BCUT2D eigenvalue weighted by Gasteiger charge is 2.21. The fourth-order valence-corrected chi connectivity index (χ4v) is 4.96. The van der Waals surface area contributed by atoms with Crippen molar-refractivity contribution < 1.29 is 0 Å². The average Bonchev–Trinajstić information content (AvgIpc) is 3.11. The summed E-state index contributed by atoms with van der Waals surface area (Å²) in [6.45, 7) is 0. The minimum absolute atomic E-state index is 0.252. The largest absolute Gasteiger partial charge is 0.299 e. The molecule has 4 aromatic rings. The van der Waals surface area contributed by atoms with Crippen LogP contribution in [0, 0.1) is 10.8 Å². The summed E-state index contributed by atoms with van der Waals surface area (Å²) in [5, 5.41) is 19.2. The van der Waals surface area contributed by atoms with Crippen LogP contribution in [0.4, 0.5) is 0 Å². The van der Waals surface area contributed by atoms with Crippen LogP contribution in [0.15, 0.2) is 103 Å². The van der Waals surface area contributed by atoms with Gasteiger partial charge in [-0.15, -0.1) is 0 Å². The lowest BCUT2D eigenvalue weighted by Crippen LogP contribution is -2.18. The van der Waals surface area contributed by atoms with Crippen LogP contribution >= 0.6 is 0 Å². The molecule has 0 spiro atoms. The first kappa shape index (κ1) is 19.4. The van der Waals surface area contributed by atoms with E-state index in [-0.39, 0.29) is 11.4 Å². The maximum Gasteiger partial charge on any atom is 0.0867 e. The Balaban J connectivity index is 1.56. The van der Waals surface area contributed by atoms with Crippen LogP contribution < -0.4 is 0 Å². The van der Waals surface area contributed by atoms with E-state index in [9.17, 15) is 0 Å². The number of hydrogen-bond donors (Lipinski definition) is 2. The Kier molecular flexibility index (Phi) is 4.51. The molecule has 2 N–H and O–H groups in total. The molecule has 0 amide bonds. The van der Waals surface area contributed by atoms with Gasteiger partial charge in [-0.3, -0.25) is 10.8 Å². The average molecular weight is 423 g/mol. The summed E-state index contributed by atoms with van der Waals surface area (Å²) in [5.74, 6) is 0. The molecule has 0 radical (unpaired) electrons. The zero-order chi connectivity index (χ0) is 22.4. The molecule has 0 fully saturated rings. The topological polar surface area (TPSA) is 47.7 Å². The van der Waals surface area contributed by atoms with Gasteiger partial charge in [0.15, 0.2) is 0 Å². The summed E-state index contributed by atoms with van der Waals surface area (Å²) >= 11 is 0. The smallest absolute Gasteiger partial charge is 0.0867 e. The van der Waals surface area contributed by atoms with Crippen molar-refractivity contribution in [3.63, 3.8) is 0 Å². The van der Waals surface area contributed by atoms with E-state index in [0.29, 0.717) is 0 Å². The van der Waals surface area contributed by atoms with Crippen LogP contribution in [0.5, 0.6) is 0 Å². The summed E-state index contributed by atoms with van der Waals surface area (Å²) in [7, 11) is 0. The molecule has 0 atom stereocenters. The van der Waals surface area contributed by atoms with Gasteiger partial charge in [0, 0.05) is 5.56 Å². The first-order valence-electron chi connectivity index (χ1n) is 11.2. The van der Waals surface area contributed by atoms with Gasteiger partial charge in [0.05, 0.1) is 11.4 Å². The minimum Gasteiger partial charge on any atom is -0.299 e. The van der Waals surface area contributed by atoms with Gasteiger partial charge in [-0.2, -0.15) is 0 Å². The lowest BCUT2D eigenvalue weighted by molar-refractivity contribution is 1.30. The summed E-state index contributed by atoms with van der Waals surface area (Å²) in [6, 6.07) is 27.5. The van der Waals surface area contributed by atoms with Crippen molar-refractivity contribution in [3.05, 3.63) is 131 Å². The third-order valence-electron chi connectivity index (χ3n) is 6.56. The van der Waals surface area contributed by atoms with Crippen LogP contribution in [-0.2, 0) is 6.42 Å². The molecule has 0 saturated carbocycles. The fourth-order valence-electron chi connectivity index (χ4n) is 4.96. The Morgan fingerprint density at radius 2 is 1.39 bits per heavy atom. The fraction of sp³-hybridized carbons (Fsp3) is 0.0323. The molecule has 0 heterocycles. The standard InChI is InChI=1S/C31H22N2/c32-30-19-29(26-15-6-7-16-27(26)31(30)33)21-11-8-10-20(17-21)28-18-22-9-2-1-3-12-23(22)24-13-4-5-14-25(24)28/h1-11,13-19,32-33H,12H2. The molecule has 0 aliphatic heterocycles. The molecule has 33 heavy (non-hydrogen) atoms. The van der Waals surface area contributed by atoms with Gasteiger partial charge in [-0.25, -0.2) is 0 Å². The normalized spacial score (nSPS) is 14.6. The molecule has 0 aromatic heterocycles. The van der Waals surface area contributed by atoms with Crippen molar-refractivity contribution in [2.45, 2.75) is 6.42 Å². The molecule has 0 saturated heterocycles. The molecule has 2 nitrogen and oxygen atoms in total. The van der Waals surface area contributed by atoms with Gasteiger partial charge >= 0.3 is 0 Å². The molecular formula is C31H22N2. The monoisotopic (exact) mass is 422 g/mol. The zero-order valence-electron chi connectivity index (χ0n) is 18.1. The van der Waals surface area contributed by atoms with Crippen molar-refractivity contribution in [2.24, 2.45) is 0 Å². The minimum atomic E-state index is 0.252. The Bertz CT molecular complexity index is 1560. The van der Waals surface area contributed by atoms with E-state index in [1.165, 1.54) is 27.5 Å². The van der Waals surface area contributed by atoms with Gasteiger partial charge < -0.3 is 0 Å². The molecule has 4 aromatic carbocycles. The molecule has 6 rings (SSSR count). The molecule has 0 bridgehead atoms. The van der Waals surface area contributed by atoms with E-state index in [4.69, 9.17) is 10.8 Å². The summed E-state index contributed by atoms with van der Waals surface area (Å²) in [5.41, 5.74) is 9.42. The Hall–Kier alpha value is -4.30. The summed E-state index contributed by atoms with van der Waals surface area (Å²) in [6.07, 6.45) is 11.4. The number of hydrogen-bond acceptors (Lipinski definition) is 2. The van der Waals surface area contributed by atoms with Crippen molar-refractivity contribution in [1.29, 1.82) is 10.8 Å². The van der Waals surface area contributed by atoms with Crippen LogP contribution in [-0.4, -0.2) is 11.4 Å². The second kappa shape index (κ2) is 7.68. The number of allylic oxidation sites excluding steroid dienone is 4. The number of benzene rings is 4. The Morgan fingerprint density at radius 1 is 0.636 bits per heavy atom. The van der Waals surface area contributed by atoms with Gasteiger partial charge in [0.25, 0.3) is 0 Å². The van der Waals surface area contributed by atoms with E-state index in [0.717, 1.165) is 34.2 Å². The first-order chi connectivity index (χ1) is 16.2. The van der Waals surface area contributed by atoms with E-state index in [2.05, 4.69) is 78.9 Å². The second-order valence-corrected chi connectivity index (χ2v) is 8.50. The lowest BCUT2D eigenvalue weighted by Gasteiger charge is -2.20. The second-order valence-electron chi connectivity index (χ2n) is 8.50. The number of nitrogens with one attached hydrogen (secondary N) is 2. The Labute approximate surface area is 193 Å². The van der Waals surface area contributed by atoms with Crippen LogP contribution in [0.3, 0.4) is 0 Å². The van der Waals surface area contributed by atoms with E-state index < -0.39 is 0 Å². The maximum absolute atomic E-state index is 8.34. The zero-order valence-corrected chi connectivity index (χ0v) is 18.1.